The molecule has 0 bridgehead atoms. The Morgan fingerprint density at radius 1 is 1.35 bits per heavy atom. The van der Waals surface area contributed by atoms with E-state index < -0.39 is 0 Å². The van der Waals surface area contributed by atoms with Gasteiger partial charge in [0.2, 0.25) is 0 Å². The summed E-state index contributed by atoms with van der Waals surface area (Å²) in [5.74, 6) is 0.801. The number of nitrogens with one attached hydrogen (secondary N) is 2. The summed E-state index contributed by atoms with van der Waals surface area (Å²) in [4.78, 5) is 9.64. The van der Waals surface area contributed by atoms with Gasteiger partial charge in [-0.1, -0.05) is 0 Å². The molecule has 0 amide bonds. The fraction of sp³-hybridized carbons (Fsp3) is 0.692. The smallest absolute Gasteiger partial charge is 0.191 e. The Kier molecular flexibility index (Phi) is 8.93. The number of nitrogens with zero attached hydrogens (tertiary/aromatic N) is 2. The van der Waals surface area contributed by atoms with Crippen molar-refractivity contribution in [3.05, 3.63) is 16.1 Å². The van der Waals surface area contributed by atoms with Crippen LogP contribution in [0.5, 0.6) is 0 Å². The predicted octanol–water partition coefficient (Wildman–Crippen LogP) is 1.17. The van der Waals surface area contributed by atoms with Crippen LogP contribution in [0.1, 0.15) is 17.0 Å². The van der Waals surface area contributed by atoms with Crippen LogP contribution in [-0.2, 0) is 16.0 Å². The third-order valence-corrected chi connectivity index (χ3v) is 3.61. The number of hydrogen-bond donors (Lipinski definition) is 2. The van der Waals surface area contributed by atoms with Crippen molar-refractivity contribution in [2.45, 2.75) is 19.9 Å². The highest BCUT2D eigenvalue weighted by atomic mass is 32.1. The van der Waals surface area contributed by atoms with Crippen LogP contribution < -0.4 is 10.6 Å². The van der Waals surface area contributed by atoms with E-state index >= 15 is 0 Å². The fourth-order valence-electron chi connectivity index (χ4n) is 1.51. The molecule has 0 aliphatic rings. The Morgan fingerprint density at radius 3 is 2.85 bits per heavy atom. The lowest BCUT2D eigenvalue weighted by Crippen LogP contribution is -2.37. The molecule has 1 rings (SSSR count). The van der Waals surface area contributed by atoms with Crippen molar-refractivity contribution in [3.63, 3.8) is 0 Å². The summed E-state index contributed by atoms with van der Waals surface area (Å²) in [5.41, 5.74) is 2.93. The monoisotopic (exact) mass is 300 g/mol. The van der Waals surface area contributed by atoms with Gasteiger partial charge < -0.3 is 20.1 Å². The van der Waals surface area contributed by atoms with Gasteiger partial charge in [0, 0.05) is 32.2 Å². The van der Waals surface area contributed by atoms with Crippen molar-refractivity contribution in [1.82, 2.24) is 15.6 Å². The van der Waals surface area contributed by atoms with Gasteiger partial charge >= 0.3 is 0 Å². The number of aliphatic imine (C=N–C) groups is 1. The molecule has 0 spiro atoms. The summed E-state index contributed by atoms with van der Waals surface area (Å²) >= 11 is 1.65. The maximum absolute atomic E-state index is 5.39. The molecule has 2 N–H and O–H groups in total. The largest absolute Gasteiger partial charge is 0.382 e. The van der Waals surface area contributed by atoms with Crippen LogP contribution in [0.4, 0.5) is 0 Å². The maximum Gasteiger partial charge on any atom is 0.191 e. The van der Waals surface area contributed by atoms with E-state index in [4.69, 9.17) is 9.47 Å². The van der Waals surface area contributed by atoms with Crippen LogP contribution >= 0.6 is 11.3 Å². The van der Waals surface area contributed by atoms with Crippen molar-refractivity contribution < 1.29 is 9.47 Å². The zero-order chi connectivity index (χ0) is 14.6. The number of guanidine groups is 1. The lowest BCUT2D eigenvalue weighted by atomic mass is 10.4. The molecule has 20 heavy (non-hydrogen) atoms. The number of aromatic nitrogens is 1. The van der Waals surface area contributed by atoms with Gasteiger partial charge in [-0.3, -0.25) is 4.99 Å². The second-order valence-electron chi connectivity index (χ2n) is 4.17. The third kappa shape index (κ3) is 6.83. The fourth-order valence-corrected chi connectivity index (χ4v) is 2.22. The first-order valence-corrected chi connectivity index (χ1v) is 7.56. The Balaban J connectivity index is 2.10. The van der Waals surface area contributed by atoms with E-state index in [0.29, 0.717) is 13.2 Å². The molecule has 0 aliphatic carbocycles. The summed E-state index contributed by atoms with van der Waals surface area (Å²) < 4.78 is 10.3. The van der Waals surface area contributed by atoms with Crippen molar-refractivity contribution in [3.8, 4) is 0 Å². The lowest BCUT2D eigenvalue weighted by molar-refractivity contribution is 0.0698. The molecule has 6 nitrogen and oxygen atoms in total. The highest BCUT2D eigenvalue weighted by Gasteiger charge is 2.02. The Hall–Kier alpha value is -1.18. The number of hydrogen-bond acceptors (Lipinski definition) is 5. The summed E-state index contributed by atoms with van der Waals surface area (Å²) in [7, 11) is 3.44. The first kappa shape index (κ1) is 16.9. The first-order chi connectivity index (χ1) is 9.77. The normalized spacial score (nSPS) is 11.7. The van der Waals surface area contributed by atoms with E-state index in [1.165, 1.54) is 4.88 Å². The van der Waals surface area contributed by atoms with Crippen LogP contribution in [0.3, 0.4) is 0 Å². The van der Waals surface area contributed by atoms with Crippen LogP contribution in [0, 0.1) is 6.92 Å². The van der Waals surface area contributed by atoms with Gasteiger partial charge in [0.15, 0.2) is 5.96 Å². The second kappa shape index (κ2) is 10.6. The van der Waals surface area contributed by atoms with Gasteiger partial charge in [0.25, 0.3) is 0 Å². The minimum atomic E-state index is 0.644. The summed E-state index contributed by atoms with van der Waals surface area (Å²) in [5, 5.41) is 6.53. The zero-order valence-electron chi connectivity index (χ0n) is 12.4. The molecule has 0 atom stereocenters. The molecule has 0 saturated heterocycles. The van der Waals surface area contributed by atoms with E-state index in [0.717, 1.165) is 37.8 Å². The molecule has 7 heteroatoms. The van der Waals surface area contributed by atoms with Crippen LogP contribution in [0.25, 0.3) is 0 Å². The van der Waals surface area contributed by atoms with Gasteiger partial charge in [-0.25, -0.2) is 4.98 Å². The van der Waals surface area contributed by atoms with Crippen molar-refractivity contribution in [1.29, 1.82) is 0 Å². The maximum atomic E-state index is 5.39. The van der Waals surface area contributed by atoms with E-state index in [-0.39, 0.29) is 0 Å². The average Bonchev–Trinajstić information content (AvgIpc) is 2.86. The molecule has 114 valence electrons. The summed E-state index contributed by atoms with van der Waals surface area (Å²) in [6, 6.07) is 0. The molecule has 0 fully saturated rings. The van der Waals surface area contributed by atoms with E-state index in [1.54, 1.807) is 25.5 Å². The van der Waals surface area contributed by atoms with Crippen LogP contribution in [0.2, 0.25) is 0 Å². The number of methoxy groups -OCH3 is 1. The highest BCUT2D eigenvalue weighted by Crippen LogP contribution is 2.10. The van der Waals surface area contributed by atoms with Crippen molar-refractivity contribution in [2.75, 3.05) is 40.5 Å². The lowest BCUT2D eigenvalue weighted by Gasteiger charge is -2.11. The Labute approximate surface area is 124 Å². The zero-order valence-corrected chi connectivity index (χ0v) is 13.3. The number of thiazole rings is 1. The van der Waals surface area contributed by atoms with Crippen LogP contribution in [-0.4, -0.2) is 51.5 Å². The van der Waals surface area contributed by atoms with Gasteiger partial charge in [-0.2, -0.15) is 0 Å². The molecular weight excluding hydrogens is 276 g/mol. The molecule has 0 saturated carbocycles. The molecule has 0 aliphatic heterocycles. The van der Waals surface area contributed by atoms with Crippen LogP contribution in [0.15, 0.2) is 10.5 Å². The third-order valence-electron chi connectivity index (χ3n) is 2.67. The first-order valence-electron chi connectivity index (χ1n) is 6.68. The second-order valence-corrected chi connectivity index (χ2v) is 5.11. The summed E-state index contributed by atoms with van der Waals surface area (Å²) in [6.45, 7) is 5.61. The minimum absolute atomic E-state index is 0.644. The topological polar surface area (TPSA) is 67.8 Å². The van der Waals surface area contributed by atoms with Gasteiger partial charge in [-0.15, -0.1) is 11.3 Å². The average molecular weight is 300 g/mol. The molecular formula is C13H24N4O2S. The van der Waals surface area contributed by atoms with Gasteiger partial charge in [-0.05, 0) is 13.3 Å². The molecule has 0 unspecified atom stereocenters. The number of aryl methyl sites for hydroxylation is 1. The standard InChI is InChI=1S/C13H24N4O2S/c1-11-12(20-10-17-11)9-16-13(14-2)15-5-4-6-19-8-7-18-3/h10H,4-9H2,1-3H3,(H2,14,15,16). The Bertz CT molecular complexity index is 395. The van der Waals surface area contributed by atoms with Gasteiger partial charge in [0.05, 0.1) is 31.0 Å². The molecule has 0 radical (unpaired) electrons. The molecule has 1 aromatic rings. The number of ether oxygens (including phenoxy) is 2. The minimum Gasteiger partial charge on any atom is -0.382 e. The highest BCUT2D eigenvalue weighted by molar-refractivity contribution is 7.09. The van der Waals surface area contributed by atoms with Gasteiger partial charge in [0.1, 0.15) is 0 Å². The van der Waals surface area contributed by atoms with Crippen molar-refractivity contribution in [2.24, 2.45) is 4.99 Å². The number of rotatable bonds is 9. The molecule has 1 heterocycles. The predicted molar refractivity (Wildman–Crippen MR) is 82.4 cm³/mol. The molecule has 1 aromatic heterocycles. The quantitative estimate of drug-likeness (QED) is 0.407. The molecule has 0 aromatic carbocycles. The summed E-state index contributed by atoms with van der Waals surface area (Å²) in [6.07, 6.45) is 0.935. The van der Waals surface area contributed by atoms with E-state index in [2.05, 4.69) is 20.6 Å². The van der Waals surface area contributed by atoms with Crippen molar-refractivity contribution >= 4 is 17.3 Å². The van der Waals surface area contributed by atoms with E-state index in [1.807, 2.05) is 12.4 Å². The SMILES string of the molecule is CN=C(NCCCOCCOC)NCc1scnc1C. The Morgan fingerprint density at radius 2 is 2.20 bits per heavy atom. The van der Waals surface area contributed by atoms with E-state index in [9.17, 15) is 0 Å².